The molecule has 2 aromatic rings. The summed E-state index contributed by atoms with van der Waals surface area (Å²) in [6, 6.07) is 9.02. The number of fused-ring (bicyclic) bond motifs is 1. The van der Waals surface area contributed by atoms with E-state index in [-0.39, 0.29) is 23.3 Å². The maximum absolute atomic E-state index is 13.6. The molecule has 3 aliphatic rings. The lowest BCUT2D eigenvalue weighted by molar-refractivity contribution is -0.136. The van der Waals surface area contributed by atoms with Gasteiger partial charge in [0.25, 0.3) is 5.91 Å². The van der Waals surface area contributed by atoms with Crippen molar-refractivity contribution in [3.05, 3.63) is 96.1 Å². The van der Waals surface area contributed by atoms with Gasteiger partial charge in [-0.1, -0.05) is 54.7 Å². The summed E-state index contributed by atoms with van der Waals surface area (Å²) in [5.41, 5.74) is 0.604. The van der Waals surface area contributed by atoms with E-state index in [1.54, 1.807) is 4.90 Å². The average molecular weight is 460 g/mol. The number of pyridine rings is 1. The Morgan fingerprint density at radius 3 is 2.47 bits per heavy atom. The fourth-order valence-corrected chi connectivity index (χ4v) is 4.79. The van der Waals surface area contributed by atoms with Gasteiger partial charge in [0.05, 0.1) is 24.2 Å². The van der Waals surface area contributed by atoms with Crippen molar-refractivity contribution in [3.8, 4) is 5.75 Å². The Hall–Kier alpha value is -3.74. The second-order valence-corrected chi connectivity index (χ2v) is 8.95. The first-order valence-corrected chi connectivity index (χ1v) is 11.5. The first-order valence-electron chi connectivity index (χ1n) is 11.5. The molecule has 1 aliphatic carbocycles. The molecule has 0 radical (unpaired) electrons. The predicted molar refractivity (Wildman–Crippen MR) is 125 cm³/mol. The van der Waals surface area contributed by atoms with Gasteiger partial charge in [-0.25, -0.2) is 4.39 Å². The zero-order valence-corrected chi connectivity index (χ0v) is 18.8. The number of benzene rings is 1. The van der Waals surface area contributed by atoms with Crippen molar-refractivity contribution in [1.29, 1.82) is 0 Å². The van der Waals surface area contributed by atoms with Crippen molar-refractivity contribution < 1.29 is 18.7 Å². The number of hydrogen-bond donors (Lipinski definition) is 0. The predicted octanol–water partition coefficient (Wildman–Crippen LogP) is 3.92. The van der Waals surface area contributed by atoms with Crippen LogP contribution in [0.5, 0.6) is 5.75 Å². The summed E-state index contributed by atoms with van der Waals surface area (Å²) in [6.45, 7) is 1.81. The molecule has 1 aromatic heterocycles. The summed E-state index contributed by atoms with van der Waals surface area (Å²) in [5, 5.41) is 0. The van der Waals surface area contributed by atoms with Crippen LogP contribution >= 0.6 is 0 Å². The number of carbonyl (C=O) groups is 2. The van der Waals surface area contributed by atoms with Gasteiger partial charge in [-0.2, -0.15) is 0 Å². The molecular weight excluding hydrogens is 433 g/mol. The molecule has 0 saturated carbocycles. The molecule has 0 unspecified atom stereocenters. The molecule has 34 heavy (non-hydrogen) atoms. The molecule has 3 heterocycles. The third-order valence-electron chi connectivity index (χ3n) is 6.62. The minimum Gasteiger partial charge on any atom is -0.485 e. The monoisotopic (exact) mass is 459 g/mol. The fraction of sp³-hybridized carbons (Fsp3) is 0.296. The van der Waals surface area contributed by atoms with E-state index in [1.807, 2.05) is 65.6 Å². The number of nitrogens with zero attached hydrogens (tertiary/aromatic N) is 3. The molecule has 1 fully saturated rings. The maximum atomic E-state index is 13.6. The fourth-order valence-electron chi connectivity index (χ4n) is 4.79. The van der Waals surface area contributed by atoms with Gasteiger partial charge >= 0.3 is 0 Å². The second kappa shape index (κ2) is 9.25. The molecule has 0 bridgehead atoms. The average Bonchev–Trinajstić information content (AvgIpc) is 3.21. The number of hydrogen-bond acceptors (Lipinski definition) is 4. The number of para-hydroxylation sites is 1. The molecular formula is C27H26FN3O3. The number of likely N-dealkylation sites (tertiary alicyclic amines) is 1. The van der Waals surface area contributed by atoms with E-state index in [0.717, 1.165) is 17.5 Å². The van der Waals surface area contributed by atoms with Crippen molar-refractivity contribution >= 4 is 11.8 Å². The van der Waals surface area contributed by atoms with Crippen LogP contribution in [0, 0.1) is 11.7 Å². The molecule has 0 atom stereocenters. The van der Waals surface area contributed by atoms with Gasteiger partial charge in [-0.05, 0) is 12.1 Å². The Morgan fingerprint density at radius 2 is 1.74 bits per heavy atom. The summed E-state index contributed by atoms with van der Waals surface area (Å²) in [7, 11) is 0. The normalized spacial score (nSPS) is 19.3. The Kier molecular flexibility index (Phi) is 6.01. The van der Waals surface area contributed by atoms with Crippen LogP contribution in [0.25, 0.3) is 0 Å². The van der Waals surface area contributed by atoms with Crippen LogP contribution in [0.2, 0.25) is 0 Å². The van der Waals surface area contributed by atoms with Crippen molar-refractivity contribution in [3.63, 3.8) is 0 Å². The van der Waals surface area contributed by atoms with Crippen LogP contribution in [-0.2, 0) is 11.3 Å². The van der Waals surface area contributed by atoms with Crippen molar-refractivity contribution in [1.82, 2.24) is 14.8 Å². The highest BCUT2D eigenvalue weighted by Gasteiger charge is 2.43. The van der Waals surface area contributed by atoms with Crippen LogP contribution in [0.3, 0.4) is 0 Å². The molecule has 5 rings (SSSR count). The zero-order chi connectivity index (χ0) is 23.5. The van der Waals surface area contributed by atoms with Gasteiger partial charge < -0.3 is 14.5 Å². The first kappa shape index (κ1) is 22.1. The van der Waals surface area contributed by atoms with Gasteiger partial charge in [-0.15, -0.1) is 0 Å². The number of piperidine rings is 1. The van der Waals surface area contributed by atoms with E-state index in [2.05, 4.69) is 4.98 Å². The van der Waals surface area contributed by atoms with Crippen LogP contribution in [0.4, 0.5) is 4.39 Å². The van der Waals surface area contributed by atoms with Crippen LogP contribution in [0.15, 0.2) is 79.2 Å². The zero-order valence-electron chi connectivity index (χ0n) is 18.8. The van der Waals surface area contributed by atoms with E-state index >= 15 is 0 Å². The number of amides is 2. The van der Waals surface area contributed by atoms with Gasteiger partial charge in [0.2, 0.25) is 5.91 Å². The van der Waals surface area contributed by atoms with E-state index in [0.29, 0.717) is 39.0 Å². The van der Waals surface area contributed by atoms with E-state index < -0.39 is 11.4 Å². The lowest BCUT2D eigenvalue weighted by atomic mass is 9.89. The molecule has 1 saturated heterocycles. The van der Waals surface area contributed by atoms with Crippen LogP contribution in [0.1, 0.15) is 28.8 Å². The first-order chi connectivity index (χ1) is 16.5. The van der Waals surface area contributed by atoms with Crippen LogP contribution < -0.4 is 4.74 Å². The summed E-state index contributed by atoms with van der Waals surface area (Å²) in [4.78, 5) is 33.8. The number of allylic oxidation sites excluding steroid dienone is 4. The van der Waals surface area contributed by atoms with Gasteiger partial charge in [0.1, 0.15) is 17.2 Å². The summed E-state index contributed by atoms with van der Waals surface area (Å²) in [5.74, 6) is -0.306. The number of halogens is 1. The lowest BCUT2D eigenvalue weighted by Gasteiger charge is -2.43. The molecule has 7 heteroatoms. The van der Waals surface area contributed by atoms with E-state index in [4.69, 9.17) is 4.74 Å². The number of aromatic nitrogens is 1. The van der Waals surface area contributed by atoms with Crippen molar-refractivity contribution in [2.24, 2.45) is 5.92 Å². The standard InChI is InChI=1S/C27H26FN3O3/c28-23-15-22(16-29-17-23)26(33)30-13-11-27(12-14-30)19-31(18-21-9-5-6-10-24(21)34-27)25(32)20-7-3-1-2-4-8-20/h1-10,15-17,20H,11-14,18-19H2. The smallest absolute Gasteiger partial charge is 0.255 e. The summed E-state index contributed by atoms with van der Waals surface area (Å²) < 4.78 is 20.1. The highest BCUT2D eigenvalue weighted by Crippen LogP contribution is 2.36. The molecule has 2 amide bonds. The van der Waals surface area contributed by atoms with Gasteiger partial charge in [0.15, 0.2) is 0 Å². The highest BCUT2D eigenvalue weighted by molar-refractivity contribution is 5.94. The van der Waals surface area contributed by atoms with Crippen molar-refractivity contribution in [2.75, 3.05) is 19.6 Å². The quantitative estimate of drug-likeness (QED) is 0.683. The number of rotatable bonds is 2. The number of carbonyl (C=O) groups excluding carboxylic acids is 2. The summed E-state index contributed by atoms with van der Waals surface area (Å²) in [6.07, 6.45) is 15.0. The largest absolute Gasteiger partial charge is 0.485 e. The van der Waals surface area contributed by atoms with Crippen molar-refractivity contribution in [2.45, 2.75) is 25.0 Å². The van der Waals surface area contributed by atoms with Crippen LogP contribution in [-0.4, -0.2) is 51.8 Å². The molecule has 0 N–H and O–H groups in total. The number of ether oxygens (including phenoxy) is 1. The molecule has 174 valence electrons. The van der Waals surface area contributed by atoms with Gasteiger partial charge in [-0.3, -0.25) is 14.6 Å². The Bertz CT molecular complexity index is 1170. The maximum Gasteiger partial charge on any atom is 0.255 e. The molecule has 2 aliphatic heterocycles. The third kappa shape index (κ3) is 4.51. The minimum atomic E-state index is -0.602. The summed E-state index contributed by atoms with van der Waals surface area (Å²) >= 11 is 0. The Morgan fingerprint density at radius 1 is 1.00 bits per heavy atom. The van der Waals surface area contributed by atoms with Gasteiger partial charge in [0, 0.05) is 44.2 Å². The SMILES string of the molecule is O=C(c1cncc(F)c1)N1CCC2(CC1)CN(C(=O)C1C=CC=CC=C1)Cc1ccccc1O2. The minimum absolute atomic E-state index is 0.0280. The third-order valence-corrected chi connectivity index (χ3v) is 6.62. The van der Waals surface area contributed by atoms with E-state index in [9.17, 15) is 14.0 Å². The lowest BCUT2D eigenvalue weighted by Crippen LogP contribution is -2.55. The molecule has 1 spiro atoms. The molecule has 6 nitrogen and oxygen atoms in total. The van der Waals surface area contributed by atoms with E-state index in [1.165, 1.54) is 12.3 Å². The second-order valence-electron chi connectivity index (χ2n) is 8.95. The topological polar surface area (TPSA) is 62.7 Å². The highest BCUT2D eigenvalue weighted by atomic mass is 19.1. The Labute approximate surface area is 198 Å². The Balaban J connectivity index is 1.37. The molecule has 1 aromatic carbocycles.